The fourth-order valence-electron chi connectivity index (χ4n) is 1.68. The molecule has 0 heterocycles. The highest BCUT2D eigenvalue weighted by atomic mass is 79.9. The van der Waals surface area contributed by atoms with Crippen LogP contribution >= 0.6 is 15.9 Å². The van der Waals surface area contributed by atoms with E-state index >= 15 is 0 Å². The van der Waals surface area contributed by atoms with Crippen LogP contribution in [0.5, 0.6) is 5.75 Å². The first-order valence-electron chi connectivity index (χ1n) is 5.64. The minimum absolute atomic E-state index is 0.113. The average molecular weight is 378 g/mol. The molecule has 0 saturated carbocycles. The van der Waals surface area contributed by atoms with Crippen molar-refractivity contribution in [3.8, 4) is 5.75 Å². The van der Waals surface area contributed by atoms with Gasteiger partial charge in [0.05, 0.1) is 12.8 Å². The first kappa shape index (κ1) is 15.7. The number of ether oxygens (including phenoxy) is 1. The maximum atomic E-state index is 13.1. The molecule has 0 radical (unpaired) electrons. The SMILES string of the molecule is COc1ccc(Br)cc1S(=O)(=O)Nc1cc(F)cc(F)c1. The van der Waals surface area contributed by atoms with Gasteiger partial charge in [0.15, 0.2) is 0 Å². The molecule has 2 aromatic carbocycles. The number of hydrogen-bond acceptors (Lipinski definition) is 3. The summed E-state index contributed by atoms with van der Waals surface area (Å²) < 4.78 is 58.4. The van der Waals surface area contributed by atoms with Crippen molar-refractivity contribution < 1.29 is 21.9 Å². The second-order valence-corrected chi connectivity index (χ2v) is 6.63. The number of hydrogen-bond donors (Lipinski definition) is 1. The second kappa shape index (κ2) is 5.98. The molecular formula is C13H10BrF2NO3S. The van der Waals surface area contributed by atoms with Crippen molar-refractivity contribution in [2.45, 2.75) is 4.90 Å². The summed E-state index contributed by atoms with van der Waals surface area (Å²) in [6.07, 6.45) is 0. The first-order chi connectivity index (χ1) is 9.81. The summed E-state index contributed by atoms with van der Waals surface area (Å²) in [6, 6.07) is 6.81. The molecule has 0 aliphatic rings. The molecule has 1 N–H and O–H groups in total. The van der Waals surface area contributed by atoms with E-state index in [0.717, 1.165) is 12.1 Å². The van der Waals surface area contributed by atoms with Gasteiger partial charge in [-0.1, -0.05) is 15.9 Å². The monoisotopic (exact) mass is 377 g/mol. The van der Waals surface area contributed by atoms with Gasteiger partial charge in [-0.2, -0.15) is 0 Å². The van der Waals surface area contributed by atoms with Crippen LogP contribution < -0.4 is 9.46 Å². The van der Waals surface area contributed by atoms with Crippen LogP contribution in [0.25, 0.3) is 0 Å². The van der Waals surface area contributed by atoms with E-state index in [1.165, 1.54) is 19.2 Å². The quantitative estimate of drug-likeness (QED) is 0.886. The van der Waals surface area contributed by atoms with Crippen molar-refractivity contribution >= 4 is 31.6 Å². The lowest BCUT2D eigenvalue weighted by Crippen LogP contribution is -2.14. The van der Waals surface area contributed by atoms with Crippen LogP contribution in [-0.2, 0) is 10.0 Å². The largest absolute Gasteiger partial charge is 0.495 e. The number of nitrogens with one attached hydrogen (secondary N) is 1. The van der Waals surface area contributed by atoms with E-state index in [4.69, 9.17) is 4.74 Å². The van der Waals surface area contributed by atoms with Crippen LogP contribution in [-0.4, -0.2) is 15.5 Å². The van der Waals surface area contributed by atoms with Gasteiger partial charge in [-0.3, -0.25) is 4.72 Å². The lowest BCUT2D eigenvalue weighted by atomic mass is 10.3. The number of sulfonamides is 1. The predicted octanol–water partition coefficient (Wildman–Crippen LogP) is 3.54. The number of anilines is 1. The summed E-state index contributed by atoms with van der Waals surface area (Å²) in [5.41, 5.74) is -0.213. The van der Waals surface area contributed by atoms with Gasteiger partial charge in [0.1, 0.15) is 22.3 Å². The molecule has 0 unspecified atom stereocenters. The number of methoxy groups -OCH3 is 1. The summed E-state index contributed by atoms with van der Waals surface area (Å²) in [5.74, 6) is -1.65. The summed E-state index contributed by atoms with van der Waals surface area (Å²) >= 11 is 3.16. The Balaban J connectivity index is 2.45. The molecule has 0 spiro atoms. The zero-order chi connectivity index (χ0) is 15.6. The standard InChI is InChI=1S/C13H10BrF2NO3S/c1-20-12-3-2-8(14)4-13(12)21(18,19)17-11-6-9(15)5-10(16)7-11/h2-7,17H,1H3. The van der Waals surface area contributed by atoms with Crippen LogP contribution in [0, 0.1) is 11.6 Å². The maximum Gasteiger partial charge on any atom is 0.265 e. The molecule has 2 rings (SSSR count). The maximum absolute atomic E-state index is 13.1. The smallest absolute Gasteiger partial charge is 0.265 e. The lowest BCUT2D eigenvalue weighted by molar-refractivity contribution is 0.403. The van der Waals surface area contributed by atoms with Crippen molar-refractivity contribution in [3.63, 3.8) is 0 Å². The Hall–Kier alpha value is -1.67. The highest BCUT2D eigenvalue weighted by Crippen LogP contribution is 2.29. The first-order valence-corrected chi connectivity index (χ1v) is 7.92. The Morgan fingerprint density at radius 3 is 2.29 bits per heavy atom. The Morgan fingerprint density at radius 1 is 1.10 bits per heavy atom. The second-order valence-electron chi connectivity index (χ2n) is 4.06. The summed E-state index contributed by atoms with van der Waals surface area (Å²) in [6.45, 7) is 0. The molecule has 0 aliphatic heterocycles. The molecule has 0 amide bonds. The van der Waals surface area contributed by atoms with Crippen LogP contribution in [0.2, 0.25) is 0 Å². The van der Waals surface area contributed by atoms with Crippen LogP contribution in [0.4, 0.5) is 14.5 Å². The van der Waals surface area contributed by atoms with Gasteiger partial charge in [-0.25, -0.2) is 17.2 Å². The van der Waals surface area contributed by atoms with E-state index in [2.05, 4.69) is 20.7 Å². The minimum Gasteiger partial charge on any atom is -0.495 e. The average Bonchev–Trinajstić information content (AvgIpc) is 2.36. The topological polar surface area (TPSA) is 55.4 Å². The van der Waals surface area contributed by atoms with Crippen LogP contribution in [0.1, 0.15) is 0 Å². The lowest BCUT2D eigenvalue weighted by Gasteiger charge is -2.12. The number of rotatable bonds is 4. The zero-order valence-corrected chi connectivity index (χ0v) is 13.1. The summed E-state index contributed by atoms with van der Waals surface area (Å²) in [5, 5.41) is 0. The third-order valence-corrected chi connectivity index (χ3v) is 4.43. The van der Waals surface area contributed by atoms with Crippen molar-refractivity contribution in [2.24, 2.45) is 0 Å². The number of benzene rings is 2. The minimum atomic E-state index is -4.05. The molecule has 0 bridgehead atoms. The van der Waals surface area contributed by atoms with Gasteiger partial charge in [-0.05, 0) is 30.3 Å². The molecule has 0 atom stereocenters. The molecule has 0 aromatic heterocycles. The van der Waals surface area contributed by atoms with Gasteiger partial charge < -0.3 is 4.74 Å². The van der Waals surface area contributed by atoms with E-state index in [-0.39, 0.29) is 16.3 Å². The molecule has 0 fully saturated rings. The molecule has 112 valence electrons. The molecule has 4 nitrogen and oxygen atoms in total. The van der Waals surface area contributed by atoms with Gasteiger partial charge in [0.2, 0.25) is 0 Å². The van der Waals surface area contributed by atoms with E-state index in [1.807, 2.05) is 0 Å². The van der Waals surface area contributed by atoms with E-state index < -0.39 is 21.7 Å². The normalized spacial score (nSPS) is 11.2. The summed E-state index contributed by atoms with van der Waals surface area (Å²) in [4.78, 5) is -0.149. The molecule has 8 heteroatoms. The Bertz CT molecular complexity index is 761. The third kappa shape index (κ3) is 3.70. The molecular weight excluding hydrogens is 368 g/mol. The summed E-state index contributed by atoms with van der Waals surface area (Å²) in [7, 11) is -2.73. The Labute approximate surface area is 128 Å². The van der Waals surface area contributed by atoms with Gasteiger partial charge in [-0.15, -0.1) is 0 Å². The van der Waals surface area contributed by atoms with Crippen molar-refractivity contribution in [1.82, 2.24) is 0 Å². The van der Waals surface area contributed by atoms with Gasteiger partial charge >= 0.3 is 0 Å². The fourth-order valence-corrected chi connectivity index (χ4v) is 3.43. The molecule has 0 saturated heterocycles. The molecule has 21 heavy (non-hydrogen) atoms. The van der Waals surface area contributed by atoms with Crippen LogP contribution in [0.3, 0.4) is 0 Å². The van der Waals surface area contributed by atoms with Crippen molar-refractivity contribution in [2.75, 3.05) is 11.8 Å². The zero-order valence-electron chi connectivity index (χ0n) is 10.7. The highest BCUT2D eigenvalue weighted by Gasteiger charge is 2.20. The van der Waals surface area contributed by atoms with Crippen LogP contribution in [0.15, 0.2) is 45.8 Å². The molecule has 0 aliphatic carbocycles. The number of halogens is 3. The van der Waals surface area contributed by atoms with Gasteiger partial charge in [0.25, 0.3) is 10.0 Å². The predicted molar refractivity (Wildman–Crippen MR) is 77.9 cm³/mol. The van der Waals surface area contributed by atoms with Gasteiger partial charge in [0, 0.05) is 10.5 Å². The Kier molecular flexibility index (Phi) is 4.48. The van der Waals surface area contributed by atoms with E-state index in [0.29, 0.717) is 10.5 Å². The molecule has 2 aromatic rings. The Morgan fingerprint density at radius 2 is 1.71 bits per heavy atom. The van der Waals surface area contributed by atoms with E-state index in [1.54, 1.807) is 6.07 Å². The highest BCUT2D eigenvalue weighted by molar-refractivity contribution is 9.10. The van der Waals surface area contributed by atoms with Crippen molar-refractivity contribution in [1.29, 1.82) is 0 Å². The van der Waals surface area contributed by atoms with E-state index in [9.17, 15) is 17.2 Å². The van der Waals surface area contributed by atoms with Crippen molar-refractivity contribution in [3.05, 3.63) is 52.5 Å². The third-order valence-electron chi connectivity index (χ3n) is 2.53. The fraction of sp³-hybridized carbons (Fsp3) is 0.0769.